The van der Waals surface area contributed by atoms with Gasteiger partial charge in [-0.05, 0) is 44.9 Å². The van der Waals surface area contributed by atoms with Crippen LogP contribution in [0.2, 0.25) is 0 Å². The Bertz CT molecular complexity index is 1040. The first-order valence-electron chi connectivity index (χ1n) is 11.5. The van der Waals surface area contributed by atoms with Gasteiger partial charge in [0.25, 0.3) is 0 Å². The second-order valence-corrected chi connectivity index (χ2v) is 9.82. The second kappa shape index (κ2) is 13.0. The molecule has 1 atom stereocenters. The van der Waals surface area contributed by atoms with Gasteiger partial charge < -0.3 is 15.0 Å². The van der Waals surface area contributed by atoms with E-state index in [0.717, 1.165) is 11.8 Å². The Morgan fingerprint density at radius 2 is 1.68 bits per heavy atom. The third-order valence-corrected chi connectivity index (χ3v) is 6.48. The molecule has 0 bridgehead atoms. The fourth-order valence-corrected chi connectivity index (χ4v) is 4.58. The lowest BCUT2D eigenvalue weighted by Gasteiger charge is -2.29. The van der Waals surface area contributed by atoms with Crippen LogP contribution < -0.4 is 14.4 Å². The molecule has 0 radical (unpaired) electrons. The first kappa shape index (κ1) is 27.2. The van der Waals surface area contributed by atoms with E-state index in [9.17, 15) is 18.0 Å². The minimum Gasteiger partial charge on any atom is -0.492 e. The number of para-hydroxylation sites is 2. The molecule has 0 aliphatic heterocycles. The summed E-state index contributed by atoms with van der Waals surface area (Å²) in [5.41, 5.74) is 1.35. The van der Waals surface area contributed by atoms with Gasteiger partial charge in [-0.1, -0.05) is 42.5 Å². The van der Waals surface area contributed by atoms with Gasteiger partial charge in [0.1, 0.15) is 11.8 Å². The molecule has 0 spiro atoms. The highest BCUT2D eigenvalue weighted by molar-refractivity contribution is 7.92. The molecule has 0 aromatic heterocycles. The van der Waals surface area contributed by atoms with Crippen LogP contribution in [-0.2, 0) is 26.2 Å². The van der Waals surface area contributed by atoms with Gasteiger partial charge >= 0.3 is 0 Å². The lowest BCUT2D eigenvalue weighted by atomic mass is 10.1. The summed E-state index contributed by atoms with van der Waals surface area (Å²) in [6.07, 6.45) is 1.52. The van der Waals surface area contributed by atoms with Crippen molar-refractivity contribution in [1.29, 1.82) is 0 Å². The number of ether oxygens (including phenoxy) is 1. The molecule has 0 unspecified atom stereocenters. The van der Waals surface area contributed by atoms with Crippen LogP contribution in [0, 0.1) is 0 Å². The fourth-order valence-electron chi connectivity index (χ4n) is 3.61. The van der Waals surface area contributed by atoms with E-state index in [1.807, 2.05) is 44.2 Å². The average Bonchev–Trinajstić information content (AvgIpc) is 2.80. The highest BCUT2D eigenvalue weighted by atomic mass is 32.2. The van der Waals surface area contributed by atoms with Crippen molar-refractivity contribution in [3.8, 4) is 5.75 Å². The number of sulfonamides is 1. The molecule has 0 fully saturated rings. The lowest BCUT2D eigenvalue weighted by molar-refractivity contribution is -0.140. The van der Waals surface area contributed by atoms with Gasteiger partial charge in [0, 0.05) is 26.1 Å². The molecule has 2 amide bonds. The Hall–Kier alpha value is -3.07. The predicted octanol–water partition coefficient (Wildman–Crippen LogP) is 3.18. The summed E-state index contributed by atoms with van der Waals surface area (Å²) in [6.45, 7) is 6.64. The number of carbonyl (C=O) groups excluding carboxylic acids is 2. The summed E-state index contributed by atoms with van der Waals surface area (Å²) in [4.78, 5) is 27.2. The topological polar surface area (TPSA) is 96.0 Å². The third-order valence-electron chi connectivity index (χ3n) is 5.30. The van der Waals surface area contributed by atoms with Gasteiger partial charge in [-0.25, -0.2) is 8.42 Å². The molecule has 0 heterocycles. The molecule has 0 aliphatic rings. The molecule has 2 rings (SSSR count). The average molecular weight is 490 g/mol. The fraction of sp³-hybridized carbons (Fsp3) is 0.440. The Morgan fingerprint density at radius 3 is 2.29 bits per heavy atom. The van der Waals surface area contributed by atoms with Crippen molar-refractivity contribution in [2.75, 3.05) is 30.3 Å². The van der Waals surface area contributed by atoms with Crippen LogP contribution in [0.1, 0.15) is 39.2 Å². The van der Waals surface area contributed by atoms with Gasteiger partial charge in [-0.3, -0.25) is 13.9 Å². The summed E-state index contributed by atoms with van der Waals surface area (Å²) in [7, 11) is -3.60. The number of nitrogens with one attached hydrogen (secondary N) is 1. The first-order chi connectivity index (χ1) is 16.2. The van der Waals surface area contributed by atoms with E-state index < -0.39 is 16.1 Å². The highest BCUT2D eigenvalue weighted by Gasteiger charge is 2.26. The van der Waals surface area contributed by atoms with Crippen molar-refractivity contribution in [2.24, 2.45) is 0 Å². The van der Waals surface area contributed by atoms with Gasteiger partial charge in [0.2, 0.25) is 21.8 Å². The van der Waals surface area contributed by atoms with E-state index in [-0.39, 0.29) is 24.8 Å². The van der Waals surface area contributed by atoms with Crippen molar-refractivity contribution in [2.45, 2.75) is 46.2 Å². The van der Waals surface area contributed by atoms with Crippen molar-refractivity contribution < 1.29 is 22.7 Å². The Labute approximate surface area is 202 Å². The van der Waals surface area contributed by atoms with E-state index in [2.05, 4.69) is 5.32 Å². The van der Waals surface area contributed by atoms with Crippen LogP contribution in [0.4, 0.5) is 5.69 Å². The number of benzene rings is 2. The van der Waals surface area contributed by atoms with Gasteiger partial charge in [0.05, 0.1) is 18.6 Å². The summed E-state index contributed by atoms with van der Waals surface area (Å²) < 4.78 is 31.9. The maximum atomic E-state index is 13.2. The van der Waals surface area contributed by atoms with Crippen LogP contribution in [-0.4, -0.2) is 57.1 Å². The third kappa shape index (κ3) is 7.76. The number of hydrogen-bond donors (Lipinski definition) is 1. The molecular weight excluding hydrogens is 454 g/mol. The molecule has 0 saturated carbocycles. The number of likely N-dealkylation sites (N-methyl/N-ethyl adjacent to an activating group) is 1. The number of carbonyl (C=O) groups is 2. The molecular formula is C25H35N3O5S. The normalized spacial score (nSPS) is 12.0. The maximum Gasteiger partial charge on any atom is 0.242 e. The van der Waals surface area contributed by atoms with Gasteiger partial charge in [-0.15, -0.1) is 0 Å². The summed E-state index contributed by atoms with van der Waals surface area (Å²) in [5.74, 6) is 0.0293. The van der Waals surface area contributed by atoms with Gasteiger partial charge in [0.15, 0.2) is 0 Å². The SMILES string of the molecule is CCNC(=O)[C@@H](C)N(Cc1ccccc1)C(=O)CCCN(c1ccccc1OCC)S(C)(=O)=O. The molecule has 9 heteroatoms. The summed E-state index contributed by atoms with van der Waals surface area (Å²) in [5, 5.41) is 2.77. The molecule has 8 nitrogen and oxygen atoms in total. The minimum atomic E-state index is -3.60. The van der Waals surface area contributed by atoms with Crippen LogP contribution in [0.15, 0.2) is 54.6 Å². The monoisotopic (exact) mass is 489 g/mol. The maximum absolute atomic E-state index is 13.2. The molecule has 34 heavy (non-hydrogen) atoms. The smallest absolute Gasteiger partial charge is 0.242 e. The summed E-state index contributed by atoms with van der Waals surface area (Å²) >= 11 is 0. The van der Waals surface area contributed by atoms with Crippen LogP contribution in [0.5, 0.6) is 5.75 Å². The highest BCUT2D eigenvalue weighted by Crippen LogP contribution is 2.30. The number of anilines is 1. The second-order valence-electron chi connectivity index (χ2n) is 7.92. The molecule has 0 aliphatic carbocycles. The number of nitrogens with zero attached hydrogens (tertiary/aromatic N) is 2. The van der Waals surface area contributed by atoms with E-state index in [1.165, 1.54) is 4.31 Å². The number of hydrogen-bond acceptors (Lipinski definition) is 5. The van der Waals surface area contributed by atoms with Crippen LogP contribution in [0.25, 0.3) is 0 Å². The molecule has 0 saturated heterocycles. The van der Waals surface area contributed by atoms with E-state index in [4.69, 9.17) is 4.74 Å². The standard InChI is InChI=1S/C25H35N3O5S/c1-5-26-25(30)20(3)27(19-21-13-8-7-9-14-21)24(29)17-12-18-28(34(4,31)32)22-15-10-11-16-23(22)33-6-2/h7-11,13-16,20H,5-6,12,17-19H2,1-4H3,(H,26,30)/t20-/m1/s1. The van der Waals surface area contributed by atoms with Crippen LogP contribution >= 0.6 is 0 Å². The van der Waals surface area contributed by atoms with Crippen molar-refractivity contribution in [3.05, 3.63) is 60.2 Å². The molecule has 2 aromatic carbocycles. The Balaban J connectivity index is 2.17. The molecule has 1 N–H and O–H groups in total. The Kier molecular flexibility index (Phi) is 10.4. The zero-order valence-electron chi connectivity index (χ0n) is 20.4. The molecule has 186 valence electrons. The van der Waals surface area contributed by atoms with E-state index in [0.29, 0.717) is 37.6 Å². The largest absolute Gasteiger partial charge is 0.492 e. The van der Waals surface area contributed by atoms with Crippen molar-refractivity contribution >= 4 is 27.5 Å². The van der Waals surface area contributed by atoms with Gasteiger partial charge in [-0.2, -0.15) is 0 Å². The van der Waals surface area contributed by atoms with E-state index >= 15 is 0 Å². The quantitative estimate of drug-likeness (QED) is 0.466. The molecule has 2 aromatic rings. The lowest BCUT2D eigenvalue weighted by Crippen LogP contribution is -2.47. The number of amides is 2. The van der Waals surface area contributed by atoms with Crippen LogP contribution in [0.3, 0.4) is 0 Å². The number of rotatable bonds is 13. The van der Waals surface area contributed by atoms with E-state index in [1.54, 1.807) is 36.1 Å². The zero-order valence-corrected chi connectivity index (χ0v) is 21.2. The first-order valence-corrected chi connectivity index (χ1v) is 13.3. The minimum absolute atomic E-state index is 0.0966. The zero-order chi connectivity index (χ0) is 25.1. The Morgan fingerprint density at radius 1 is 1.03 bits per heavy atom. The van der Waals surface area contributed by atoms with Crippen molar-refractivity contribution in [3.63, 3.8) is 0 Å². The summed E-state index contributed by atoms with van der Waals surface area (Å²) in [6, 6.07) is 15.7. The predicted molar refractivity (Wildman–Crippen MR) is 134 cm³/mol. The van der Waals surface area contributed by atoms with Crippen molar-refractivity contribution in [1.82, 2.24) is 10.2 Å².